The fourth-order valence-electron chi connectivity index (χ4n) is 3.24. The second-order valence-corrected chi connectivity index (χ2v) is 6.29. The van der Waals surface area contributed by atoms with Crippen LogP contribution in [0.5, 0.6) is 11.5 Å². The lowest BCUT2D eigenvalue weighted by Gasteiger charge is -2.15. The molecule has 2 aromatic carbocycles. The van der Waals surface area contributed by atoms with Crippen LogP contribution in [0.15, 0.2) is 42.5 Å². The molecule has 24 heavy (non-hydrogen) atoms. The first-order valence-corrected chi connectivity index (χ1v) is 8.70. The quantitative estimate of drug-likeness (QED) is 0.935. The van der Waals surface area contributed by atoms with Crippen molar-refractivity contribution in [1.82, 2.24) is 5.32 Å². The molecule has 0 unspecified atom stereocenters. The number of benzene rings is 2. The van der Waals surface area contributed by atoms with Crippen molar-refractivity contribution in [3.63, 3.8) is 0 Å². The maximum Gasteiger partial charge on any atom is 0.161 e. The van der Waals surface area contributed by atoms with Crippen LogP contribution in [0, 0.1) is 0 Å². The second kappa shape index (κ2) is 7.24. The largest absolute Gasteiger partial charge is 0.490 e. The molecular weight excluding hydrogens is 302 g/mol. The Morgan fingerprint density at radius 1 is 1.04 bits per heavy atom. The fraction of sp³-hybridized carbons (Fsp3) is 0.400. The summed E-state index contributed by atoms with van der Waals surface area (Å²) in [6, 6.07) is 14.6. The van der Waals surface area contributed by atoms with Crippen LogP contribution in [0.2, 0.25) is 0 Å². The average molecular weight is 325 g/mol. The summed E-state index contributed by atoms with van der Waals surface area (Å²) >= 11 is 0. The Bertz CT molecular complexity index is 695. The Morgan fingerprint density at radius 2 is 1.92 bits per heavy atom. The van der Waals surface area contributed by atoms with Crippen LogP contribution in [-0.4, -0.2) is 32.4 Å². The van der Waals surface area contributed by atoms with Crippen LogP contribution in [-0.2, 0) is 11.3 Å². The minimum Gasteiger partial charge on any atom is -0.490 e. The van der Waals surface area contributed by atoms with E-state index in [1.807, 2.05) is 6.07 Å². The van der Waals surface area contributed by atoms with E-state index < -0.39 is 0 Å². The van der Waals surface area contributed by atoms with Gasteiger partial charge in [-0.05, 0) is 41.8 Å². The first kappa shape index (κ1) is 15.5. The molecule has 4 nitrogen and oxygen atoms in total. The van der Waals surface area contributed by atoms with E-state index in [1.54, 1.807) is 0 Å². The van der Waals surface area contributed by atoms with Gasteiger partial charge in [0, 0.05) is 13.0 Å². The van der Waals surface area contributed by atoms with Crippen molar-refractivity contribution in [2.24, 2.45) is 0 Å². The maximum atomic E-state index is 6.07. The van der Waals surface area contributed by atoms with Gasteiger partial charge in [0.25, 0.3) is 0 Å². The van der Waals surface area contributed by atoms with Gasteiger partial charge in [0.2, 0.25) is 0 Å². The molecule has 0 amide bonds. The molecule has 4 rings (SSSR count). The van der Waals surface area contributed by atoms with E-state index in [2.05, 4.69) is 41.7 Å². The molecule has 0 spiro atoms. The molecule has 2 aliphatic heterocycles. The van der Waals surface area contributed by atoms with Gasteiger partial charge in [0.05, 0.1) is 25.9 Å². The molecule has 2 heterocycles. The van der Waals surface area contributed by atoms with E-state index in [9.17, 15) is 0 Å². The number of nitrogens with one attached hydrogen (secondary N) is 1. The van der Waals surface area contributed by atoms with E-state index in [0.29, 0.717) is 25.9 Å². The van der Waals surface area contributed by atoms with Crippen molar-refractivity contribution in [3.05, 3.63) is 48.0 Å². The van der Waals surface area contributed by atoms with Gasteiger partial charge in [0.1, 0.15) is 0 Å². The normalized spacial score (nSPS) is 19.9. The molecule has 1 fully saturated rings. The molecule has 0 radical (unpaired) electrons. The Hall–Kier alpha value is -2.04. The molecule has 0 bridgehead atoms. The number of hydrogen-bond donors (Lipinski definition) is 1. The highest BCUT2D eigenvalue weighted by atomic mass is 16.5. The maximum absolute atomic E-state index is 6.07. The van der Waals surface area contributed by atoms with Crippen LogP contribution >= 0.6 is 0 Å². The Labute approximate surface area is 142 Å². The van der Waals surface area contributed by atoms with Crippen molar-refractivity contribution >= 4 is 0 Å². The third-order valence-electron chi connectivity index (χ3n) is 4.57. The molecule has 126 valence electrons. The van der Waals surface area contributed by atoms with Crippen molar-refractivity contribution < 1.29 is 14.2 Å². The minimum absolute atomic E-state index is 0.321. The molecular formula is C20H23NO3. The van der Waals surface area contributed by atoms with E-state index in [0.717, 1.165) is 43.0 Å². The average Bonchev–Trinajstić information content (AvgIpc) is 3.04. The minimum atomic E-state index is 0.321. The Balaban J connectivity index is 1.58. The van der Waals surface area contributed by atoms with Gasteiger partial charge < -0.3 is 19.5 Å². The highest BCUT2D eigenvalue weighted by Crippen LogP contribution is 2.35. The molecule has 4 heteroatoms. The summed E-state index contributed by atoms with van der Waals surface area (Å²) in [5, 5.41) is 3.34. The summed E-state index contributed by atoms with van der Waals surface area (Å²) in [6.45, 7) is 4.06. The third-order valence-corrected chi connectivity index (χ3v) is 4.57. The summed E-state index contributed by atoms with van der Waals surface area (Å²) in [5.41, 5.74) is 3.54. The van der Waals surface area contributed by atoms with Crippen LogP contribution in [0.4, 0.5) is 0 Å². The summed E-state index contributed by atoms with van der Waals surface area (Å²) in [5.74, 6) is 1.67. The molecule has 0 aliphatic carbocycles. The van der Waals surface area contributed by atoms with Crippen LogP contribution in [0.1, 0.15) is 18.4 Å². The lowest BCUT2D eigenvalue weighted by molar-refractivity contribution is 0.0545. The number of hydrogen-bond acceptors (Lipinski definition) is 4. The van der Waals surface area contributed by atoms with Gasteiger partial charge in [-0.15, -0.1) is 0 Å². The SMILES string of the molecule is c1ccc(-c2ccc3c(c2)OCCCO3)c(CO[C@H]2CCNC2)c1. The van der Waals surface area contributed by atoms with E-state index in [1.165, 1.54) is 11.1 Å². The number of ether oxygens (including phenoxy) is 3. The van der Waals surface area contributed by atoms with Crippen molar-refractivity contribution in [3.8, 4) is 22.6 Å². The van der Waals surface area contributed by atoms with E-state index in [4.69, 9.17) is 14.2 Å². The van der Waals surface area contributed by atoms with Crippen LogP contribution < -0.4 is 14.8 Å². The standard InChI is InChI=1S/C20H23NO3/c1-2-5-18(16(4-1)14-24-17-8-9-21-13-17)15-6-7-19-20(12-15)23-11-3-10-22-19/h1-2,4-7,12,17,21H,3,8-11,13-14H2/t17-/m0/s1. The van der Waals surface area contributed by atoms with Crippen molar-refractivity contribution in [2.45, 2.75) is 25.6 Å². The summed E-state index contributed by atoms with van der Waals surface area (Å²) < 4.78 is 17.6. The van der Waals surface area contributed by atoms with Gasteiger partial charge in [-0.3, -0.25) is 0 Å². The molecule has 2 aliphatic rings. The van der Waals surface area contributed by atoms with Gasteiger partial charge in [-0.1, -0.05) is 30.3 Å². The Kier molecular flexibility index (Phi) is 4.67. The van der Waals surface area contributed by atoms with Crippen molar-refractivity contribution in [2.75, 3.05) is 26.3 Å². The number of fused-ring (bicyclic) bond motifs is 1. The summed E-state index contributed by atoms with van der Waals surface area (Å²) in [6.07, 6.45) is 2.33. The van der Waals surface area contributed by atoms with Crippen LogP contribution in [0.3, 0.4) is 0 Å². The topological polar surface area (TPSA) is 39.7 Å². The van der Waals surface area contributed by atoms with Gasteiger partial charge >= 0.3 is 0 Å². The fourth-order valence-corrected chi connectivity index (χ4v) is 3.24. The molecule has 1 saturated heterocycles. The van der Waals surface area contributed by atoms with Gasteiger partial charge in [0.15, 0.2) is 11.5 Å². The smallest absolute Gasteiger partial charge is 0.161 e. The highest BCUT2D eigenvalue weighted by molar-refractivity contribution is 5.70. The van der Waals surface area contributed by atoms with Gasteiger partial charge in [-0.25, -0.2) is 0 Å². The lowest BCUT2D eigenvalue weighted by Crippen LogP contribution is -2.16. The predicted octanol–water partition coefficient (Wildman–Crippen LogP) is 3.39. The molecule has 0 aromatic heterocycles. The first-order valence-electron chi connectivity index (χ1n) is 8.70. The van der Waals surface area contributed by atoms with Crippen molar-refractivity contribution in [1.29, 1.82) is 0 Å². The monoisotopic (exact) mass is 325 g/mol. The molecule has 0 saturated carbocycles. The zero-order chi connectivity index (χ0) is 16.2. The van der Waals surface area contributed by atoms with E-state index in [-0.39, 0.29) is 0 Å². The number of rotatable bonds is 4. The molecule has 1 atom stereocenters. The first-order chi connectivity index (χ1) is 11.9. The lowest BCUT2D eigenvalue weighted by atomic mass is 9.99. The Morgan fingerprint density at radius 3 is 2.79 bits per heavy atom. The van der Waals surface area contributed by atoms with Gasteiger partial charge in [-0.2, -0.15) is 0 Å². The second-order valence-electron chi connectivity index (χ2n) is 6.29. The van der Waals surface area contributed by atoms with E-state index >= 15 is 0 Å². The molecule has 1 N–H and O–H groups in total. The third kappa shape index (κ3) is 3.40. The highest BCUT2D eigenvalue weighted by Gasteiger charge is 2.16. The zero-order valence-corrected chi connectivity index (χ0v) is 13.8. The molecule has 2 aromatic rings. The summed E-state index contributed by atoms with van der Waals surface area (Å²) in [4.78, 5) is 0. The van der Waals surface area contributed by atoms with Crippen LogP contribution in [0.25, 0.3) is 11.1 Å². The zero-order valence-electron chi connectivity index (χ0n) is 13.8. The summed E-state index contributed by atoms with van der Waals surface area (Å²) in [7, 11) is 0. The predicted molar refractivity (Wildman–Crippen MR) is 93.5 cm³/mol.